The molecule has 0 radical (unpaired) electrons. The Morgan fingerprint density at radius 1 is 0.595 bits per heavy atom. The van der Waals surface area contributed by atoms with Crippen molar-refractivity contribution in [2.45, 2.75) is 65.0 Å². The minimum atomic E-state index is -1.55. The number of allylic oxidation sites excluding steroid dienone is 2. The molecule has 200 valence electrons. The van der Waals surface area contributed by atoms with Gasteiger partial charge in [0.1, 0.15) is 24.7 Å². The van der Waals surface area contributed by atoms with Gasteiger partial charge in [0.25, 0.3) is 0 Å². The van der Waals surface area contributed by atoms with Crippen LogP contribution >= 0.6 is 0 Å². The molecule has 2 aliphatic rings. The van der Waals surface area contributed by atoms with E-state index in [1.807, 2.05) is 0 Å². The van der Waals surface area contributed by atoms with Crippen LogP contribution in [0.25, 0.3) is 11.5 Å². The van der Waals surface area contributed by atoms with Gasteiger partial charge in [-0.05, 0) is 68.0 Å². The van der Waals surface area contributed by atoms with Crippen molar-refractivity contribution in [2.75, 3.05) is 26.4 Å². The highest BCUT2D eigenvalue weighted by atomic mass is 28.4. The van der Waals surface area contributed by atoms with Crippen LogP contribution in [0.2, 0.25) is 39.3 Å². The topological polar surface area (TPSA) is 36.9 Å². The molecule has 2 aromatic carbocycles. The van der Waals surface area contributed by atoms with Crippen molar-refractivity contribution in [3.05, 3.63) is 82.9 Å². The summed E-state index contributed by atoms with van der Waals surface area (Å²) in [6.07, 6.45) is 4.66. The van der Waals surface area contributed by atoms with Crippen molar-refractivity contribution in [1.82, 2.24) is 0 Å². The Bertz CT molecular complexity index is 1060. The minimum absolute atomic E-state index is 0.0912. The molecule has 0 saturated carbocycles. The second-order valence-electron chi connectivity index (χ2n) is 12.6. The maximum Gasteiger partial charge on any atom is 0.183 e. The monoisotopic (exact) mass is 536 g/mol. The SMILES string of the molecule is CC(C)(C1C=C(OCCO[Si](C)(C)C)c2ccccc21)C1C=C(OCCO[Si](C)(C)C)c2ccccc21. The second-order valence-corrected chi connectivity index (χ2v) is 21.7. The fourth-order valence-corrected chi connectivity index (χ4v) is 6.71. The van der Waals surface area contributed by atoms with E-state index in [0.29, 0.717) is 26.4 Å². The lowest BCUT2D eigenvalue weighted by molar-refractivity contribution is 0.190. The van der Waals surface area contributed by atoms with Gasteiger partial charge < -0.3 is 18.3 Å². The normalized spacial score (nSPS) is 19.2. The maximum absolute atomic E-state index is 6.30. The van der Waals surface area contributed by atoms with E-state index in [4.69, 9.17) is 18.3 Å². The molecule has 37 heavy (non-hydrogen) atoms. The fourth-order valence-electron chi connectivity index (χ4n) is 5.32. The summed E-state index contributed by atoms with van der Waals surface area (Å²) in [5, 5.41) is 0. The quantitative estimate of drug-likeness (QED) is 0.203. The van der Waals surface area contributed by atoms with Crippen molar-refractivity contribution in [3.63, 3.8) is 0 Å². The molecule has 2 atom stereocenters. The molecule has 6 heteroatoms. The van der Waals surface area contributed by atoms with Crippen molar-refractivity contribution >= 4 is 28.2 Å². The fraction of sp³-hybridized carbons (Fsp3) is 0.484. The van der Waals surface area contributed by atoms with Crippen molar-refractivity contribution in [3.8, 4) is 0 Å². The molecular weight excluding hydrogens is 493 g/mol. The maximum atomic E-state index is 6.30. The summed E-state index contributed by atoms with van der Waals surface area (Å²) in [6.45, 7) is 20.4. The highest BCUT2D eigenvalue weighted by Crippen LogP contribution is 2.56. The number of benzene rings is 2. The van der Waals surface area contributed by atoms with Crippen LogP contribution < -0.4 is 0 Å². The summed E-state index contributed by atoms with van der Waals surface area (Å²) >= 11 is 0. The lowest BCUT2D eigenvalue weighted by Gasteiger charge is -2.37. The predicted molar refractivity (Wildman–Crippen MR) is 159 cm³/mol. The Morgan fingerprint density at radius 2 is 0.973 bits per heavy atom. The zero-order chi connectivity index (χ0) is 26.8. The van der Waals surface area contributed by atoms with Crippen LogP contribution in [0.5, 0.6) is 0 Å². The first-order valence-corrected chi connectivity index (χ1v) is 20.3. The molecular formula is C31H44O4Si2. The van der Waals surface area contributed by atoms with E-state index in [2.05, 4.69) is 114 Å². The van der Waals surface area contributed by atoms with Gasteiger partial charge in [-0.3, -0.25) is 0 Å². The molecule has 0 aliphatic heterocycles. The summed E-state index contributed by atoms with van der Waals surface area (Å²) < 4.78 is 24.6. The number of hydrogen-bond acceptors (Lipinski definition) is 4. The molecule has 0 saturated heterocycles. The Hall–Kier alpha value is -2.13. The van der Waals surface area contributed by atoms with Crippen molar-refractivity contribution < 1.29 is 18.3 Å². The average molecular weight is 537 g/mol. The van der Waals surface area contributed by atoms with E-state index in [1.165, 1.54) is 22.3 Å². The van der Waals surface area contributed by atoms with Gasteiger partial charge in [0.05, 0.1) is 13.2 Å². The van der Waals surface area contributed by atoms with Crippen LogP contribution in [0.15, 0.2) is 60.7 Å². The molecule has 0 fully saturated rings. The molecule has 2 aliphatic carbocycles. The highest BCUT2D eigenvalue weighted by Gasteiger charge is 2.44. The number of ether oxygens (including phenoxy) is 2. The Morgan fingerprint density at radius 3 is 1.35 bits per heavy atom. The lowest BCUT2D eigenvalue weighted by atomic mass is 9.66. The third-order valence-electron chi connectivity index (χ3n) is 7.11. The van der Waals surface area contributed by atoms with Crippen molar-refractivity contribution in [1.29, 1.82) is 0 Å². The van der Waals surface area contributed by atoms with Gasteiger partial charge in [0, 0.05) is 23.0 Å². The standard InChI is InChI=1S/C31H44O4Si2/c1-31(2,27-21-29(25-15-11-9-13-23(25)27)32-17-19-34-36(3,4)5)28-22-30(26-16-12-10-14-24(26)28)33-18-20-35-37(6,7)8/h9-16,21-22,27-28H,17-20H2,1-8H3. The lowest BCUT2D eigenvalue weighted by Crippen LogP contribution is -2.27. The first-order chi connectivity index (χ1) is 17.4. The largest absolute Gasteiger partial charge is 0.491 e. The van der Waals surface area contributed by atoms with E-state index >= 15 is 0 Å². The zero-order valence-corrected chi connectivity index (χ0v) is 25.9. The van der Waals surface area contributed by atoms with E-state index < -0.39 is 16.6 Å². The van der Waals surface area contributed by atoms with Crippen LogP contribution in [0, 0.1) is 5.41 Å². The van der Waals surface area contributed by atoms with E-state index in [-0.39, 0.29) is 17.3 Å². The number of hydrogen-bond donors (Lipinski definition) is 0. The van der Waals surface area contributed by atoms with E-state index in [0.717, 1.165) is 11.5 Å². The Balaban J connectivity index is 1.56. The van der Waals surface area contributed by atoms with Crippen LogP contribution in [-0.4, -0.2) is 43.1 Å². The molecule has 0 amide bonds. The summed E-state index contributed by atoms with van der Waals surface area (Å²) in [7, 11) is -3.11. The molecule has 0 heterocycles. The third kappa shape index (κ3) is 6.66. The molecule has 4 nitrogen and oxygen atoms in total. The van der Waals surface area contributed by atoms with Gasteiger partial charge in [-0.25, -0.2) is 0 Å². The molecule has 0 N–H and O–H groups in total. The van der Waals surface area contributed by atoms with E-state index in [9.17, 15) is 0 Å². The average Bonchev–Trinajstić information content (AvgIpc) is 3.38. The van der Waals surface area contributed by atoms with Crippen LogP contribution in [0.1, 0.15) is 47.9 Å². The first kappa shape index (κ1) is 27.9. The molecule has 0 spiro atoms. The van der Waals surface area contributed by atoms with Gasteiger partial charge in [-0.2, -0.15) is 0 Å². The second kappa shape index (κ2) is 10.9. The summed E-state index contributed by atoms with van der Waals surface area (Å²) in [5.41, 5.74) is 4.97. The summed E-state index contributed by atoms with van der Waals surface area (Å²) in [5.74, 6) is 2.40. The molecule has 0 aromatic heterocycles. The van der Waals surface area contributed by atoms with Gasteiger partial charge in [0.2, 0.25) is 0 Å². The van der Waals surface area contributed by atoms with Gasteiger partial charge in [-0.15, -0.1) is 0 Å². The highest BCUT2D eigenvalue weighted by molar-refractivity contribution is 6.70. The van der Waals surface area contributed by atoms with E-state index in [1.54, 1.807) is 0 Å². The first-order valence-electron chi connectivity index (χ1n) is 13.5. The molecule has 0 bridgehead atoms. The van der Waals surface area contributed by atoms with Crippen LogP contribution in [0.3, 0.4) is 0 Å². The molecule has 2 unspecified atom stereocenters. The third-order valence-corrected chi connectivity index (χ3v) is 9.25. The zero-order valence-electron chi connectivity index (χ0n) is 23.9. The van der Waals surface area contributed by atoms with Gasteiger partial charge in [-0.1, -0.05) is 62.4 Å². The minimum Gasteiger partial charge on any atom is -0.491 e. The smallest absolute Gasteiger partial charge is 0.183 e. The number of fused-ring (bicyclic) bond motifs is 2. The van der Waals surface area contributed by atoms with Crippen LogP contribution in [0.4, 0.5) is 0 Å². The Kier molecular flexibility index (Phi) is 8.24. The van der Waals surface area contributed by atoms with Gasteiger partial charge >= 0.3 is 0 Å². The Labute approximate surface area is 225 Å². The summed E-state index contributed by atoms with van der Waals surface area (Å²) in [6, 6.07) is 17.3. The predicted octanol–water partition coefficient (Wildman–Crippen LogP) is 8.03. The number of rotatable bonds is 12. The molecule has 4 rings (SSSR count). The van der Waals surface area contributed by atoms with Gasteiger partial charge in [0.15, 0.2) is 16.6 Å². The summed E-state index contributed by atoms with van der Waals surface area (Å²) in [4.78, 5) is 0. The molecule has 2 aromatic rings. The van der Waals surface area contributed by atoms with Crippen molar-refractivity contribution in [2.24, 2.45) is 5.41 Å². The van der Waals surface area contributed by atoms with Crippen LogP contribution in [-0.2, 0) is 18.3 Å².